The fraction of sp³-hybridized carbons (Fsp3) is 0.368. The van der Waals surface area contributed by atoms with E-state index in [0.29, 0.717) is 22.3 Å². The predicted octanol–water partition coefficient (Wildman–Crippen LogP) is 4.40. The standard InChI is InChI=1S/C19H21Cl2NO2/c20-16-8-4-9-17(21)19(16)24-12-14(23)11-22-18-10-3-6-13-5-1-2-7-15(13)18/h1-2,4-5,7-9,14,18,22-23H,3,6,10-12H2/t14-,18-/m1/s1. The van der Waals surface area contributed by atoms with E-state index in [2.05, 4.69) is 29.6 Å². The molecule has 1 aliphatic rings. The number of halogens is 2. The number of aliphatic hydroxyl groups excluding tert-OH is 1. The summed E-state index contributed by atoms with van der Waals surface area (Å²) in [5, 5.41) is 14.5. The SMILES string of the molecule is O[C@H](CN[C@@H]1CCCc2ccccc21)COc1c(Cl)cccc1Cl. The van der Waals surface area contributed by atoms with Gasteiger partial charge in [-0.05, 0) is 42.5 Å². The maximum atomic E-state index is 10.2. The molecule has 0 aromatic heterocycles. The molecule has 0 heterocycles. The van der Waals surface area contributed by atoms with Gasteiger partial charge in [0.25, 0.3) is 0 Å². The third-order valence-electron chi connectivity index (χ3n) is 4.31. The summed E-state index contributed by atoms with van der Waals surface area (Å²) in [7, 11) is 0. The van der Waals surface area contributed by atoms with Gasteiger partial charge in [0.2, 0.25) is 0 Å². The average molecular weight is 366 g/mol. The molecule has 2 N–H and O–H groups in total. The van der Waals surface area contributed by atoms with Crippen LogP contribution in [0.5, 0.6) is 5.75 Å². The molecule has 24 heavy (non-hydrogen) atoms. The smallest absolute Gasteiger partial charge is 0.156 e. The van der Waals surface area contributed by atoms with Crippen LogP contribution in [-0.4, -0.2) is 24.4 Å². The number of hydrogen-bond acceptors (Lipinski definition) is 3. The molecule has 2 aromatic rings. The normalized spacial score (nSPS) is 18.0. The molecule has 128 valence electrons. The van der Waals surface area contributed by atoms with Gasteiger partial charge in [0.1, 0.15) is 12.7 Å². The molecule has 3 rings (SSSR count). The maximum Gasteiger partial charge on any atom is 0.156 e. The van der Waals surface area contributed by atoms with Crippen LogP contribution in [0.1, 0.15) is 30.0 Å². The summed E-state index contributed by atoms with van der Waals surface area (Å²) in [6.07, 6.45) is 2.74. The minimum absolute atomic E-state index is 0.144. The molecule has 0 bridgehead atoms. The molecule has 0 radical (unpaired) electrons. The number of hydrogen-bond donors (Lipinski definition) is 2. The highest BCUT2D eigenvalue weighted by Gasteiger charge is 2.20. The fourth-order valence-corrected chi connectivity index (χ4v) is 3.61. The highest BCUT2D eigenvalue weighted by Crippen LogP contribution is 2.32. The van der Waals surface area contributed by atoms with Crippen LogP contribution < -0.4 is 10.1 Å². The zero-order valence-electron chi connectivity index (χ0n) is 13.3. The van der Waals surface area contributed by atoms with Crippen molar-refractivity contribution in [2.75, 3.05) is 13.2 Å². The molecule has 0 spiro atoms. The minimum Gasteiger partial charge on any atom is -0.488 e. The topological polar surface area (TPSA) is 41.5 Å². The summed E-state index contributed by atoms with van der Waals surface area (Å²) in [5.74, 6) is 0.419. The van der Waals surface area contributed by atoms with E-state index in [-0.39, 0.29) is 12.6 Å². The number of aryl methyl sites for hydroxylation is 1. The zero-order valence-corrected chi connectivity index (χ0v) is 14.9. The highest BCUT2D eigenvalue weighted by molar-refractivity contribution is 6.37. The number of para-hydroxylation sites is 1. The van der Waals surface area contributed by atoms with Gasteiger partial charge in [-0.15, -0.1) is 0 Å². The van der Waals surface area contributed by atoms with Crippen LogP contribution >= 0.6 is 23.2 Å². The Kier molecular flexibility index (Phi) is 6.01. The Morgan fingerprint density at radius 2 is 1.88 bits per heavy atom. The van der Waals surface area contributed by atoms with Crippen LogP contribution in [0.4, 0.5) is 0 Å². The van der Waals surface area contributed by atoms with E-state index in [1.807, 2.05) is 0 Å². The Hall–Kier alpha value is -1.26. The number of ether oxygens (including phenoxy) is 1. The Morgan fingerprint density at radius 1 is 1.12 bits per heavy atom. The molecule has 3 nitrogen and oxygen atoms in total. The van der Waals surface area contributed by atoms with E-state index in [4.69, 9.17) is 27.9 Å². The van der Waals surface area contributed by atoms with E-state index in [1.165, 1.54) is 11.1 Å². The lowest BCUT2D eigenvalue weighted by molar-refractivity contribution is 0.103. The summed E-state index contributed by atoms with van der Waals surface area (Å²) in [6, 6.07) is 14.0. The van der Waals surface area contributed by atoms with E-state index in [9.17, 15) is 5.11 Å². The summed E-state index contributed by atoms with van der Waals surface area (Å²) < 4.78 is 5.58. The van der Waals surface area contributed by atoms with Gasteiger partial charge >= 0.3 is 0 Å². The number of rotatable bonds is 6. The van der Waals surface area contributed by atoms with Crippen molar-refractivity contribution in [3.63, 3.8) is 0 Å². The van der Waals surface area contributed by atoms with Crippen molar-refractivity contribution in [2.24, 2.45) is 0 Å². The molecule has 0 saturated carbocycles. The molecule has 0 amide bonds. The van der Waals surface area contributed by atoms with Crippen LogP contribution in [0, 0.1) is 0 Å². The van der Waals surface area contributed by atoms with Crippen LogP contribution in [0.3, 0.4) is 0 Å². The van der Waals surface area contributed by atoms with Gasteiger partial charge in [0.05, 0.1) is 10.0 Å². The molecular formula is C19H21Cl2NO2. The van der Waals surface area contributed by atoms with Crippen molar-refractivity contribution in [3.8, 4) is 5.75 Å². The molecule has 0 fully saturated rings. The van der Waals surface area contributed by atoms with Crippen molar-refractivity contribution in [3.05, 3.63) is 63.6 Å². The molecule has 0 unspecified atom stereocenters. The van der Waals surface area contributed by atoms with Gasteiger partial charge < -0.3 is 15.2 Å². The molecule has 0 saturated heterocycles. The molecule has 5 heteroatoms. The van der Waals surface area contributed by atoms with E-state index in [1.54, 1.807) is 18.2 Å². The van der Waals surface area contributed by atoms with Crippen LogP contribution in [0.25, 0.3) is 0 Å². The zero-order chi connectivity index (χ0) is 16.9. The second kappa shape index (κ2) is 8.21. The monoisotopic (exact) mass is 365 g/mol. The van der Waals surface area contributed by atoms with Crippen molar-refractivity contribution >= 4 is 23.2 Å². The van der Waals surface area contributed by atoms with Gasteiger partial charge in [-0.1, -0.05) is 53.5 Å². The Labute approximate surface area is 152 Å². The van der Waals surface area contributed by atoms with E-state index in [0.717, 1.165) is 19.3 Å². The summed E-state index contributed by atoms with van der Waals surface area (Å²) in [5.41, 5.74) is 2.74. The third-order valence-corrected chi connectivity index (χ3v) is 4.90. The van der Waals surface area contributed by atoms with Crippen molar-refractivity contribution in [1.29, 1.82) is 0 Å². The summed E-state index contributed by atoms with van der Waals surface area (Å²) >= 11 is 12.1. The lowest BCUT2D eigenvalue weighted by atomic mass is 9.88. The number of nitrogens with one attached hydrogen (secondary N) is 1. The van der Waals surface area contributed by atoms with Crippen LogP contribution in [0.2, 0.25) is 10.0 Å². The molecule has 2 atom stereocenters. The van der Waals surface area contributed by atoms with E-state index < -0.39 is 6.10 Å². The Balaban J connectivity index is 1.52. The Morgan fingerprint density at radius 3 is 2.67 bits per heavy atom. The third kappa shape index (κ3) is 4.22. The van der Waals surface area contributed by atoms with Crippen LogP contribution in [-0.2, 0) is 6.42 Å². The summed E-state index contributed by atoms with van der Waals surface area (Å²) in [6.45, 7) is 0.603. The number of fused-ring (bicyclic) bond motifs is 1. The van der Waals surface area contributed by atoms with Gasteiger partial charge in [-0.25, -0.2) is 0 Å². The first-order valence-corrected chi connectivity index (χ1v) is 8.97. The maximum absolute atomic E-state index is 10.2. The summed E-state index contributed by atoms with van der Waals surface area (Å²) in [4.78, 5) is 0. The fourth-order valence-electron chi connectivity index (χ4n) is 3.10. The van der Waals surface area contributed by atoms with Crippen molar-refractivity contribution in [1.82, 2.24) is 5.32 Å². The van der Waals surface area contributed by atoms with Crippen molar-refractivity contribution < 1.29 is 9.84 Å². The number of aliphatic hydroxyl groups is 1. The minimum atomic E-state index is -0.633. The molecule has 2 aromatic carbocycles. The van der Waals surface area contributed by atoms with Gasteiger partial charge in [-0.2, -0.15) is 0 Å². The largest absolute Gasteiger partial charge is 0.488 e. The first kappa shape index (κ1) is 17.6. The van der Waals surface area contributed by atoms with Gasteiger partial charge in [0.15, 0.2) is 5.75 Å². The average Bonchev–Trinajstić information content (AvgIpc) is 2.59. The van der Waals surface area contributed by atoms with Crippen molar-refractivity contribution in [2.45, 2.75) is 31.4 Å². The molecular weight excluding hydrogens is 345 g/mol. The molecule has 0 aliphatic heterocycles. The lowest BCUT2D eigenvalue weighted by Crippen LogP contribution is -2.35. The second-order valence-corrected chi connectivity index (χ2v) is 6.88. The first-order chi connectivity index (χ1) is 11.6. The predicted molar refractivity (Wildman–Crippen MR) is 98.1 cm³/mol. The van der Waals surface area contributed by atoms with Gasteiger partial charge in [0, 0.05) is 12.6 Å². The quantitative estimate of drug-likeness (QED) is 0.796. The highest BCUT2D eigenvalue weighted by atomic mass is 35.5. The first-order valence-electron chi connectivity index (χ1n) is 8.21. The van der Waals surface area contributed by atoms with E-state index >= 15 is 0 Å². The van der Waals surface area contributed by atoms with Gasteiger partial charge in [-0.3, -0.25) is 0 Å². The lowest BCUT2D eigenvalue weighted by Gasteiger charge is -2.27. The Bertz CT molecular complexity index is 673. The molecule has 1 aliphatic carbocycles. The van der Waals surface area contributed by atoms with Crippen LogP contribution in [0.15, 0.2) is 42.5 Å². The second-order valence-electron chi connectivity index (χ2n) is 6.07. The number of benzene rings is 2.